The van der Waals surface area contributed by atoms with Gasteiger partial charge in [0.25, 0.3) is 0 Å². The van der Waals surface area contributed by atoms with Crippen molar-refractivity contribution in [3.8, 4) is 0 Å². The van der Waals surface area contributed by atoms with Crippen LogP contribution in [0, 0.1) is 12.7 Å². The summed E-state index contributed by atoms with van der Waals surface area (Å²) in [5.41, 5.74) is 2.45. The molecule has 0 radical (unpaired) electrons. The number of fused-ring (bicyclic) bond motifs is 1. The largest absolute Gasteiger partial charge is 0.360 e. The first-order valence-electron chi connectivity index (χ1n) is 6.14. The van der Waals surface area contributed by atoms with Gasteiger partial charge in [0.15, 0.2) is 5.78 Å². The third kappa shape index (κ3) is 2.16. The van der Waals surface area contributed by atoms with Crippen molar-refractivity contribution < 1.29 is 9.18 Å². The molecular formula is C16H11BrFNO. The van der Waals surface area contributed by atoms with Crippen LogP contribution in [0.15, 0.2) is 47.1 Å². The maximum atomic E-state index is 13.3. The Balaban J connectivity index is 2.10. The van der Waals surface area contributed by atoms with E-state index >= 15 is 0 Å². The average molecular weight is 332 g/mol. The van der Waals surface area contributed by atoms with E-state index < -0.39 is 0 Å². The summed E-state index contributed by atoms with van der Waals surface area (Å²) in [5.74, 6) is -0.411. The molecule has 4 heteroatoms. The van der Waals surface area contributed by atoms with Gasteiger partial charge in [-0.3, -0.25) is 4.79 Å². The third-order valence-corrected chi connectivity index (χ3v) is 3.80. The van der Waals surface area contributed by atoms with E-state index in [1.54, 1.807) is 19.2 Å². The van der Waals surface area contributed by atoms with Crippen molar-refractivity contribution in [1.29, 1.82) is 0 Å². The highest BCUT2D eigenvalue weighted by atomic mass is 79.9. The summed E-state index contributed by atoms with van der Waals surface area (Å²) in [7, 11) is 0. The second kappa shape index (κ2) is 4.87. The Labute approximate surface area is 123 Å². The van der Waals surface area contributed by atoms with Crippen molar-refractivity contribution in [3.63, 3.8) is 0 Å². The minimum absolute atomic E-state index is 0.110. The molecule has 0 fully saturated rings. The molecule has 1 aromatic heterocycles. The lowest BCUT2D eigenvalue weighted by molar-refractivity contribution is 0.104. The van der Waals surface area contributed by atoms with Crippen molar-refractivity contribution in [2.45, 2.75) is 6.92 Å². The van der Waals surface area contributed by atoms with Gasteiger partial charge >= 0.3 is 0 Å². The van der Waals surface area contributed by atoms with E-state index in [-0.39, 0.29) is 11.6 Å². The quantitative estimate of drug-likeness (QED) is 0.683. The summed E-state index contributed by atoms with van der Waals surface area (Å²) in [6.07, 6.45) is 1.69. The van der Waals surface area contributed by atoms with Crippen LogP contribution in [0.1, 0.15) is 21.5 Å². The molecule has 0 atom stereocenters. The van der Waals surface area contributed by atoms with Gasteiger partial charge in [0.05, 0.1) is 0 Å². The molecule has 0 spiro atoms. The summed E-state index contributed by atoms with van der Waals surface area (Å²) in [5, 5.41) is 0.861. The van der Waals surface area contributed by atoms with E-state index in [0.29, 0.717) is 16.7 Å². The van der Waals surface area contributed by atoms with E-state index in [2.05, 4.69) is 20.9 Å². The van der Waals surface area contributed by atoms with Gasteiger partial charge in [-0.15, -0.1) is 0 Å². The van der Waals surface area contributed by atoms with E-state index in [4.69, 9.17) is 0 Å². The number of benzene rings is 2. The standard InChI is InChI=1S/C16H11BrFNO/c1-9-6-10(2-5-14(9)18)16(20)13-8-19-15-7-11(17)3-4-12(13)15/h2-8,19H,1H3. The van der Waals surface area contributed by atoms with Gasteiger partial charge in [0.2, 0.25) is 0 Å². The molecule has 0 saturated heterocycles. The Morgan fingerprint density at radius 2 is 2.00 bits per heavy atom. The molecule has 3 aromatic rings. The zero-order valence-corrected chi connectivity index (χ0v) is 12.3. The Bertz CT molecular complexity index is 822. The molecular weight excluding hydrogens is 321 g/mol. The van der Waals surface area contributed by atoms with Crippen LogP contribution in [0.5, 0.6) is 0 Å². The Kier molecular flexibility index (Phi) is 3.18. The molecule has 0 aliphatic carbocycles. The molecule has 3 rings (SSSR count). The number of carbonyl (C=O) groups is 1. The number of ketones is 1. The zero-order chi connectivity index (χ0) is 14.3. The first kappa shape index (κ1) is 13.1. The molecule has 2 aromatic carbocycles. The number of aromatic amines is 1. The molecule has 0 saturated carbocycles. The third-order valence-electron chi connectivity index (χ3n) is 3.31. The van der Waals surface area contributed by atoms with Gasteiger partial charge in [0, 0.05) is 32.7 Å². The predicted molar refractivity (Wildman–Crippen MR) is 80.6 cm³/mol. The fraction of sp³-hybridized carbons (Fsp3) is 0.0625. The highest BCUT2D eigenvalue weighted by Crippen LogP contribution is 2.24. The van der Waals surface area contributed by atoms with Crippen LogP contribution in [0.2, 0.25) is 0 Å². The minimum Gasteiger partial charge on any atom is -0.360 e. The first-order chi connectivity index (χ1) is 9.56. The molecule has 2 nitrogen and oxygen atoms in total. The van der Waals surface area contributed by atoms with Gasteiger partial charge in [-0.1, -0.05) is 22.0 Å². The van der Waals surface area contributed by atoms with Gasteiger partial charge in [0.1, 0.15) is 5.82 Å². The van der Waals surface area contributed by atoms with Gasteiger partial charge in [-0.2, -0.15) is 0 Å². The fourth-order valence-corrected chi connectivity index (χ4v) is 2.59. The number of aromatic nitrogens is 1. The lowest BCUT2D eigenvalue weighted by atomic mass is 10.0. The van der Waals surface area contributed by atoms with Crippen molar-refractivity contribution >= 4 is 32.6 Å². The van der Waals surface area contributed by atoms with Gasteiger partial charge < -0.3 is 4.98 Å². The summed E-state index contributed by atoms with van der Waals surface area (Å²) < 4.78 is 14.2. The predicted octanol–water partition coefficient (Wildman–Crippen LogP) is 4.61. The lowest BCUT2D eigenvalue weighted by Crippen LogP contribution is -2.01. The SMILES string of the molecule is Cc1cc(C(=O)c2c[nH]c3cc(Br)ccc23)ccc1F. The average Bonchev–Trinajstić information content (AvgIpc) is 2.84. The molecule has 0 aliphatic rings. The number of hydrogen-bond acceptors (Lipinski definition) is 1. The molecule has 0 unspecified atom stereocenters. The maximum absolute atomic E-state index is 13.3. The molecule has 1 heterocycles. The Hall–Kier alpha value is -1.94. The number of carbonyl (C=O) groups excluding carboxylic acids is 1. The van der Waals surface area contributed by atoms with Crippen LogP contribution in [-0.2, 0) is 0 Å². The number of nitrogens with one attached hydrogen (secondary N) is 1. The van der Waals surface area contributed by atoms with E-state index in [1.165, 1.54) is 12.1 Å². The van der Waals surface area contributed by atoms with Gasteiger partial charge in [-0.05, 0) is 42.8 Å². The summed E-state index contributed by atoms with van der Waals surface area (Å²) in [6, 6.07) is 10.1. The van der Waals surface area contributed by atoms with Crippen LogP contribution in [0.25, 0.3) is 10.9 Å². The lowest BCUT2D eigenvalue weighted by Gasteiger charge is -2.02. The molecule has 20 heavy (non-hydrogen) atoms. The second-order valence-electron chi connectivity index (χ2n) is 4.69. The first-order valence-corrected chi connectivity index (χ1v) is 6.93. The van der Waals surface area contributed by atoms with Crippen LogP contribution >= 0.6 is 15.9 Å². The van der Waals surface area contributed by atoms with Crippen LogP contribution in [0.3, 0.4) is 0 Å². The number of rotatable bonds is 2. The van der Waals surface area contributed by atoms with Crippen molar-refractivity contribution in [3.05, 3.63) is 69.6 Å². The summed E-state index contributed by atoms with van der Waals surface area (Å²) in [4.78, 5) is 15.6. The second-order valence-corrected chi connectivity index (χ2v) is 5.60. The number of hydrogen-bond donors (Lipinski definition) is 1. The number of aryl methyl sites for hydroxylation is 1. The van der Waals surface area contributed by atoms with E-state index in [1.807, 2.05) is 18.2 Å². The molecule has 0 aliphatic heterocycles. The number of H-pyrrole nitrogens is 1. The van der Waals surface area contributed by atoms with Crippen LogP contribution in [-0.4, -0.2) is 10.8 Å². The number of halogens is 2. The normalized spacial score (nSPS) is 10.9. The van der Waals surface area contributed by atoms with Gasteiger partial charge in [-0.25, -0.2) is 4.39 Å². The summed E-state index contributed by atoms with van der Waals surface area (Å²) >= 11 is 3.39. The minimum atomic E-state index is -0.301. The van der Waals surface area contributed by atoms with Crippen molar-refractivity contribution in [2.24, 2.45) is 0 Å². The Morgan fingerprint density at radius 3 is 2.75 bits per heavy atom. The monoisotopic (exact) mass is 331 g/mol. The highest BCUT2D eigenvalue weighted by Gasteiger charge is 2.15. The Morgan fingerprint density at radius 1 is 1.20 bits per heavy atom. The summed E-state index contributed by atoms with van der Waals surface area (Å²) in [6.45, 7) is 1.65. The molecule has 0 bridgehead atoms. The smallest absolute Gasteiger partial charge is 0.195 e. The zero-order valence-electron chi connectivity index (χ0n) is 10.7. The fourth-order valence-electron chi connectivity index (χ4n) is 2.23. The maximum Gasteiger partial charge on any atom is 0.195 e. The van der Waals surface area contributed by atoms with Crippen LogP contribution in [0.4, 0.5) is 4.39 Å². The molecule has 1 N–H and O–H groups in total. The van der Waals surface area contributed by atoms with E-state index in [9.17, 15) is 9.18 Å². The van der Waals surface area contributed by atoms with Crippen molar-refractivity contribution in [2.75, 3.05) is 0 Å². The van der Waals surface area contributed by atoms with E-state index in [0.717, 1.165) is 15.4 Å². The molecule has 0 amide bonds. The van der Waals surface area contributed by atoms with Crippen LogP contribution < -0.4 is 0 Å². The van der Waals surface area contributed by atoms with Crippen molar-refractivity contribution in [1.82, 2.24) is 4.98 Å². The topological polar surface area (TPSA) is 32.9 Å². The molecule has 100 valence electrons. The highest BCUT2D eigenvalue weighted by molar-refractivity contribution is 9.10.